The van der Waals surface area contributed by atoms with E-state index < -0.39 is 66.2 Å². The zero-order valence-corrected chi connectivity index (χ0v) is 19.6. The van der Waals surface area contributed by atoms with E-state index >= 15 is 0 Å². The topological polar surface area (TPSA) is 222 Å². The largest absolute Gasteiger partial charge is 0.481 e. The summed E-state index contributed by atoms with van der Waals surface area (Å²) in [5.41, 5.74) is 11.4. The molecule has 4 unspecified atom stereocenters. The summed E-state index contributed by atoms with van der Waals surface area (Å²) in [6, 6.07) is 3.76. The van der Waals surface area contributed by atoms with Crippen LogP contribution in [0, 0.1) is 0 Å². The second-order valence-corrected chi connectivity index (χ2v) is 8.55. The van der Waals surface area contributed by atoms with Gasteiger partial charge in [0.1, 0.15) is 18.1 Å². The van der Waals surface area contributed by atoms with Gasteiger partial charge in [-0.1, -0.05) is 30.3 Å². The highest BCUT2D eigenvalue weighted by molar-refractivity contribution is 5.95. The molecule has 13 nitrogen and oxygen atoms in total. The highest BCUT2D eigenvalue weighted by Gasteiger charge is 2.38. The molecule has 1 heterocycles. The molecule has 0 saturated carbocycles. The monoisotopic (exact) mass is 505 g/mol. The van der Waals surface area contributed by atoms with Gasteiger partial charge in [0.05, 0.1) is 12.5 Å². The van der Waals surface area contributed by atoms with Gasteiger partial charge >= 0.3 is 11.9 Å². The van der Waals surface area contributed by atoms with Crippen LogP contribution in [0.2, 0.25) is 0 Å². The van der Waals surface area contributed by atoms with E-state index in [1.165, 1.54) is 4.90 Å². The number of amides is 4. The first kappa shape index (κ1) is 28.2. The van der Waals surface area contributed by atoms with Crippen molar-refractivity contribution in [1.29, 1.82) is 0 Å². The minimum Gasteiger partial charge on any atom is -0.481 e. The normalized spacial score (nSPS) is 17.5. The van der Waals surface area contributed by atoms with Crippen LogP contribution in [0.15, 0.2) is 30.3 Å². The molecule has 0 bridgehead atoms. The number of benzene rings is 1. The Kier molecular flexibility index (Phi) is 10.3. The third kappa shape index (κ3) is 8.34. The van der Waals surface area contributed by atoms with Gasteiger partial charge in [0, 0.05) is 19.4 Å². The number of hydrogen-bond acceptors (Lipinski definition) is 7. The van der Waals surface area contributed by atoms with Gasteiger partial charge in [0.15, 0.2) is 0 Å². The lowest BCUT2D eigenvalue weighted by Gasteiger charge is -2.29. The van der Waals surface area contributed by atoms with Gasteiger partial charge in [0.2, 0.25) is 23.6 Å². The van der Waals surface area contributed by atoms with E-state index in [2.05, 4.69) is 10.6 Å². The van der Waals surface area contributed by atoms with Crippen molar-refractivity contribution in [1.82, 2.24) is 15.5 Å². The molecule has 1 aliphatic rings. The fourth-order valence-electron chi connectivity index (χ4n) is 3.92. The number of carbonyl (C=O) groups excluding carboxylic acids is 4. The molecule has 0 spiro atoms. The third-order valence-corrected chi connectivity index (χ3v) is 5.76. The fourth-order valence-corrected chi connectivity index (χ4v) is 3.92. The second-order valence-electron chi connectivity index (χ2n) is 8.55. The molecular weight excluding hydrogens is 474 g/mol. The van der Waals surface area contributed by atoms with E-state index in [9.17, 15) is 33.9 Å². The number of carboxylic acids is 2. The predicted molar refractivity (Wildman–Crippen MR) is 125 cm³/mol. The lowest BCUT2D eigenvalue weighted by Crippen LogP contribution is -2.57. The molecule has 1 fully saturated rings. The van der Waals surface area contributed by atoms with Crippen molar-refractivity contribution in [3.63, 3.8) is 0 Å². The first-order valence-corrected chi connectivity index (χ1v) is 11.4. The second kappa shape index (κ2) is 13.2. The summed E-state index contributed by atoms with van der Waals surface area (Å²) in [6.07, 6.45) is -0.364. The Bertz CT molecular complexity index is 986. The van der Waals surface area contributed by atoms with Gasteiger partial charge in [-0.15, -0.1) is 0 Å². The lowest BCUT2D eigenvalue weighted by atomic mass is 10.0. The van der Waals surface area contributed by atoms with Gasteiger partial charge in [-0.05, 0) is 24.8 Å². The summed E-state index contributed by atoms with van der Waals surface area (Å²) >= 11 is 0. The molecule has 36 heavy (non-hydrogen) atoms. The van der Waals surface area contributed by atoms with Crippen molar-refractivity contribution in [2.75, 3.05) is 6.54 Å². The number of primary amides is 1. The highest BCUT2D eigenvalue weighted by atomic mass is 16.4. The Morgan fingerprint density at radius 2 is 1.64 bits per heavy atom. The molecule has 1 aromatic rings. The Labute approximate surface area is 207 Å². The molecule has 4 amide bonds. The van der Waals surface area contributed by atoms with E-state index in [0.29, 0.717) is 12.0 Å². The van der Waals surface area contributed by atoms with Crippen LogP contribution in [-0.4, -0.2) is 81.4 Å². The summed E-state index contributed by atoms with van der Waals surface area (Å²) in [7, 11) is 0. The number of likely N-dealkylation sites (tertiary alicyclic amines) is 1. The number of nitrogens with two attached hydrogens (primary N) is 2. The van der Waals surface area contributed by atoms with Crippen LogP contribution < -0.4 is 22.1 Å². The first-order valence-electron chi connectivity index (χ1n) is 11.4. The summed E-state index contributed by atoms with van der Waals surface area (Å²) in [5, 5.41) is 23.2. The minimum absolute atomic E-state index is 0.0449. The van der Waals surface area contributed by atoms with Crippen LogP contribution in [0.25, 0.3) is 0 Å². The van der Waals surface area contributed by atoms with E-state index in [0.717, 1.165) is 0 Å². The summed E-state index contributed by atoms with van der Waals surface area (Å²) in [4.78, 5) is 73.8. The number of nitrogens with zero attached hydrogens (tertiary/aromatic N) is 1. The summed E-state index contributed by atoms with van der Waals surface area (Å²) in [6.45, 7) is 0.211. The number of carbonyl (C=O) groups is 6. The molecule has 0 aromatic heterocycles. The third-order valence-electron chi connectivity index (χ3n) is 5.76. The molecule has 13 heteroatoms. The van der Waals surface area contributed by atoms with E-state index in [1.807, 2.05) is 0 Å². The summed E-state index contributed by atoms with van der Waals surface area (Å²) in [5.74, 6) is -5.56. The number of aliphatic carboxylic acids is 2. The molecule has 1 aromatic carbocycles. The van der Waals surface area contributed by atoms with Crippen molar-refractivity contribution in [3.05, 3.63) is 35.9 Å². The van der Waals surface area contributed by atoms with Gasteiger partial charge in [-0.2, -0.15) is 0 Å². The Morgan fingerprint density at radius 1 is 1.00 bits per heavy atom. The van der Waals surface area contributed by atoms with Crippen molar-refractivity contribution >= 4 is 35.6 Å². The molecule has 196 valence electrons. The quantitative estimate of drug-likeness (QED) is 0.180. The van der Waals surface area contributed by atoms with E-state index in [-0.39, 0.29) is 32.2 Å². The number of rotatable bonds is 13. The van der Waals surface area contributed by atoms with E-state index in [1.54, 1.807) is 30.3 Å². The zero-order chi connectivity index (χ0) is 26.8. The van der Waals surface area contributed by atoms with Crippen LogP contribution in [0.1, 0.15) is 37.7 Å². The fraction of sp³-hybridized carbons (Fsp3) is 0.478. The molecule has 0 radical (unpaired) electrons. The Hall–Kier alpha value is -4.00. The minimum atomic E-state index is -1.45. The van der Waals surface area contributed by atoms with Gasteiger partial charge in [-0.25, -0.2) is 4.79 Å². The SMILES string of the molecule is NC(=O)CCC(NC(=O)C(N)CC(=O)O)C(=O)NC(Cc1ccccc1)C(=O)N1CCCC1C(=O)O. The van der Waals surface area contributed by atoms with Gasteiger partial charge < -0.3 is 37.2 Å². The predicted octanol–water partition coefficient (Wildman–Crippen LogP) is -1.66. The maximum absolute atomic E-state index is 13.3. The van der Waals surface area contributed by atoms with Gasteiger partial charge in [0.25, 0.3) is 0 Å². The molecule has 2 rings (SSSR count). The maximum Gasteiger partial charge on any atom is 0.326 e. The zero-order valence-electron chi connectivity index (χ0n) is 19.6. The molecule has 0 aliphatic carbocycles. The van der Waals surface area contributed by atoms with Crippen molar-refractivity contribution in [2.45, 2.75) is 62.7 Å². The van der Waals surface area contributed by atoms with Crippen LogP contribution in [0.3, 0.4) is 0 Å². The van der Waals surface area contributed by atoms with Crippen molar-refractivity contribution in [3.8, 4) is 0 Å². The Morgan fingerprint density at radius 3 is 2.22 bits per heavy atom. The molecule has 1 saturated heterocycles. The molecule has 1 aliphatic heterocycles. The number of hydrogen-bond donors (Lipinski definition) is 6. The lowest BCUT2D eigenvalue weighted by molar-refractivity contribution is -0.149. The average molecular weight is 506 g/mol. The molecular formula is C23H31N5O8. The van der Waals surface area contributed by atoms with Crippen molar-refractivity contribution < 1.29 is 39.0 Å². The highest BCUT2D eigenvalue weighted by Crippen LogP contribution is 2.20. The number of nitrogens with one attached hydrogen (secondary N) is 2. The van der Waals surface area contributed by atoms with Crippen molar-refractivity contribution in [2.24, 2.45) is 11.5 Å². The molecule has 4 atom stereocenters. The van der Waals surface area contributed by atoms with Crippen LogP contribution in [-0.2, 0) is 35.2 Å². The maximum atomic E-state index is 13.3. The Balaban J connectivity index is 2.25. The average Bonchev–Trinajstić information content (AvgIpc) is 3.31. The van der Waals surface area contributed by atoms with Crippen LogP contribution >= 0.6 is 0 Å². The smallest absolute Gasteiger partial charge is 0.326 e. The first-order chi connectivity index (χ1) is 17.0. The van der Waals surface area contributed by atoms with Gasteiger partial charge in [-0.3, -0.25) is 24.0 Å². The van der Waals surface area contributed by atoms with Crippen LogP contribution in [0.4, 0.5) is 0 Å². The molecule has 8 N–H and O–H groups in total. The van der Waals surface area contributed by atoms with E-state index in [4.69, 9.17) is 16.6 Å². The number of carboxylic acid groups (broad SMARTS) is 2. The summed E-state index contributed by atoms with van der Waals surface area (Å²) < 4.78 is 0. The van der Waals surface area contributed by atoms with Crippen LogP contribution in [0.5, 0.6) is 0 Å². The standard InChI is InChI=1S/C23H31N5O8/c24-14(12-19(30)31)20(32)26-15(8-9-18(25)29)21(33)27-16(11-13-5-2-1-3-6-13)22(34)28-10-4-7-17(28)23(35)36/h1-3,5-6,14-17H,4,7-12,24H2,(H2,25,29)(H,26,32)(H,27,33)(H,30,31)(H,35,36).